The highest BCUT2D eigenvalue weighted by Gasteiger charge is 2.30. The molecule has 0 bridgehead atoms. The van der Waals surface area contributed by atoms with Crippen LogP contribution >= 0.6 is 11.6 Å². The van der Waals surface area contributed by atoms with Gasteiger partial charge in [-0.3, -0.25) is 0 Å². The molecule has 0 amide bonds. The molecule has 3 aromatic rings. The number of hydrogen-bond acceptors (Lipinski definition) is 1. The van der Waals surface area contributed by atoms with Crippen molar-refractivity contribution in [1.82, 2.24) is 9.97 Å². The van der Waals surface area contributed by atoms with Crippen LogP contribution in [0.3, 0.4) is 0 Å². The lowest BCUT2D eigenvalue weighted by Crippen LogP contribution is -2.04. The van der Waals surface area contributed by atoms with Crippen molar-refractivity contribution >= 4 is 22.6 Å². The normalized spacial score (nSPS) is 12.0. The van der Waals surface area contributed by atoms with Crippen LogP contribution in [0, 0.1) is 0 Å². The summed E-state index contributed by atoms with van der Waals surface area (Å²) in [4.78, 5) is 7.24. The van der Waals surface area contributed by atoms with Crippen LogP contribution in [-0.2, 0) is 12.1 Å². The van der Waals surface area contributed by atoms with Gasteiger partial charge in [0.1, 0.15) is 5.82 Å². The number of halogens is 4. The quantitative estimate of drug-likeness (QED) is 0.664. The fourth-order valence-corrected chi connectivity index (χ4v) is 2.29. The molecular formula is C15H10ClF3N2. The molecule has 1 aromatic heterocycles. The summed E-state index contributed by atoms with van der Waals surface area (Å²) >= 11 is 5.78. The van der Waals surface area contributed by atoms with Crippen molar-refractivity contribution in [3.63, 3.8) is 0 Å². The van der Waals surface area contributed by atoms with E-state index in [1.165, 1.54) is 6.07 Å². The van der Waals surface area contributed by atoms with E-state index >= 15 is 0 Å². The lowest BCUT2D eigenvalue weighted by atomic mass is 10.1. The van der Waals surface area contributed by atoms with E-state index in [4.69, 9.17) is 11.6 Å². The molecule has 21 heavy (non-hydrogen) atoms. The van der Waals surface area contributed by atoms with Gasteiger partial charge in [0, 0.05) is 11.4 Å². The van der Waals surface area contributed by atoms with Crippen LogP contribution in [0.15, 0.2) is 42.5 Å². The first-order valence-electron chi connectivity index (χ1n) is 6.19. The van der Waals surface area contributed by atoms with Crippen LogP contribution in [0.1, 0.15) is 11.1 Å². The van der Waals surface area contributed by atoms with Gasteiger partial charge >= 0.3 is 6.18 Å². The van der Waals surface area contributed by atoms with Crippen molar-refractivity contribution in [2.45, 2.75) is 12.1 Å². The van der Waals surface area contributed by atoms with Gasteiger partial charge in [0.05, 0.1) is 16.6 Å². The van der Waals surface area contributed by atoms with Gasteiger partial charge in [0.2, 0.25) is 0 Å². The Morgan fingerprint density at radius 2 is 1.90 bits per heavy atom. The summed E-state index contributed by atoms with van der Waals surface area (Å²) in [6.45, 7) is 0. The van der Waals surface area contributed by atoms with E-state index in [1.807, 2.05) is 24.3 Å². The molecule has 108 valence electrons. The second kappa shape index (κ2) is 5.07. The Bertz CT molecular complexity index is 793. The molecule has 0 radical (unpaired) electrons. The molecule has 2 nitrogen and oxygen atoms in total. The number of imidazole rings is 1. The smallest absolute Gasteiger partial charge is 0.338 e. The maximum Gasteiger partial charge on any atom is 0.416 e. The maximum absolute atomic E-state index is 12.7. The van der Waals surface area contributed by atoms with Gasteiger partial charge in [-0.1, -0.05) is 18.2 Å². The summed E-state index contributed by atoms with van der Waals surface area (Å²) in [5.41, 5.74) is 1.87. The number of alkyl halides is 4. The first kappa shape index (κ1) is 13.9. The second-order valence-corrected chi connectivity index (χ2v) is 4.92. The molecule has 0 saturated carbocycles. The third kappa shape index (κ3) is 2.74. The monoisotopic (exact) mass is 310 g/mol. The summed E-state index contributed by atoms with van der Waals surface area (Å²) < 4.78 is 38.1. The Labute approximate surface area is 123 Å². The molecule has 0 fully saturated rings. The van der Waals surface area contributed by atoms with Crippen molar-refractivity contribution in [2.75, 3.05) is 0 Å². The van der Waals surface area contributed by atoms with Crippen molar-refractivity contribution in [2.24, 2.45) is 0 Å². The van der Waals surface area contributed by atoms with Crippen molar-refractivity contribution < 1.29 is 13.2 Å². The molecule has 2 aromatic carbocycles. The Balaban J connectivity index is 2.08. The summed E-state index contributed by atoms with van der Waals surface area (Å²) in [5, 5.41) is 0. The molecular weight excluding hydrogens is 301 g/mol. The lowest BCUT2D eigenvalue weighted by Gasteiger charge is -2.05. The maximum atomic E-state index is 12.7. The van der Waals surface area contributed by atoms with Gasteiger partial charge in [0.15, 0.2) is 0 Å². The van der Waals surface area contributed by atoms with Gasteiger partial charge in [-0.05, 0) is 29.8 Å². The molecule has 1 heterocycles. The molecule has 0 atom stereocenters. The SMILES string of the molecule is FC(F)(F)c1ccc2nc(-c3cccc(CCl)c3)[nH]c2c1. The van der Waals surface area contributed by atoms with E-state index in [0.29, 0.717) is 22.7 Å². The molecule has 0 unspecified atom stereocenters. The fraction of sp³-hybridized carbons (Fsp3) is 0.133. The standard InChI is InChI=1S/C15H10ClF3N2/c16-8-9-2-1-3-10(6-9)14-20-12-5-4-11(15(17,18)19)7-13(12)21-14/h1-7H,8H2,(H,20,21). The van der Waals surface area contributed by atoms with Gasteiger partial charge in [-0.15, -0.1) is 11.6 Å². The summed E-state index contributed by atoms with van der Waals surface area (Å²) in [6.07, 6.45) is -4.36. The fourth-order valence-electron chi connectivity index (χ4n) is 2.12. The number of aromatic amines is 1. The van der Waals surface area contributed by atoms with E-state index in [1.54, 1.807) is 0 Å². The minimum atomic E-state index is -4.36. The van der Waals surface area contributed by atoms with Gasteiger partial charge in [-0.2, -0.15) is 13.2 Å². The highest BCUT2D eigenvalue weighted by atomic mass is 35.5. The van der Waals surface area contributed by atoms with Crippen LogP contribution in [0.4, 0.5) is 13.2 Å². The predicted molar refractivity (Wildman–Crippen MR) is 76.1 cm³/mol. The van der Waals surface area contributed by atoms with E-state index < -0.39 is 11.7 Å². The molecule has 3 rings (SSSR count). The predicted octanol–water partition coefficient (Wildman–Crippen LogP) is 4.99. The molecule has 0 aliphatic rings. The topological polar surface area (TPSA) is 28.7 Å². The van der Waals surface area contributed by atoms with Crippen LogP contribution in [-0.4, -0.2) is 9.97 Å². The van der Waals surface area contributed by atoms with Crippen LogP contribution in [0.25, 0.3) is 22.4 Å². The van der Waals surface area contributed by atoms with E-state index in [2.05, 4.69) is 9.97 Å². The highest BCUT2D eigenvalue weighted by Crippen LogP contribution is 2.31. The van der Waals surface area contributed by atoms with Crippen LogP contribution < -0.4 is 0 Å². The average Bonchev–Trinajstić information content (AvgIpc) is 2.89. The number of rotatable bonds is 2. The van der Waals surface area contributed by atoms with Crippen LogP contribution in [0.2, 0.25) is 0 Å². The highest BCUT2D eigenvalue weighted by molar-refractivity contribution is 6.17. The van der Waals surface area contributed by atoms with Crippen LogP contribution in [0.5, 0.6) is 0 Å². The Kier molecular flexibility index (Phi) is 3.37. The minimum Gasteiger partial charge on any atom is -0.338 e. The Morgan fingerprint density at radius 1 is 1.10 bits per heavy atom. The average molecular weight is 311 g/mol. The largest absolute Gasteiger partial charge is 0.416 e. The first-order chi connectivity index (χ1) is 9.97. The van der Waals surface area contributed by atoms with Crippen molar-refractivity contribution in [3.05, 3.63) is 53.6 Å². The molecule has 6 heteroatoms. The third-order valence-electron chi connectivity index (χ3n) is 3.16. The zero-order chi connectivity index (χ0) is 15.0. The molecule has 1 N–H and O–H groups in total. The molecule has 0 aliphatic heterocycles. The molecule has 0 spiro atoms. The summed E-state index contributed by atoms with van der Waals surface area (Å²) in [5.74, 6) is 0.892. The Morgan fingerprint density at radius 3 is 2.62 bits per heavy atom. The summed E-state index contributed by atoms with van der Waals surface area (Å²) in [6, 6.07) is 10.9. The number of fused-ring (bicyclic) bond motifs is 1. The van der Waals surface area contributed by atoms with Gasteiger partial charge < -0.3 is 4.98 Å². The summed E-state index contributed by atoms with van der Waals surface area (Å²) in [7, 11) is 0. The molecule has 0 aliphatic carbocycles. The van der Waals surface area contributed by atoms with E-state index in [9.17, 15) is 13.2 Å². The third-order valence-corrected chi connectivity index (χ3v) is 3.47. The number of hydrogen-bond donors (Lipinski definition) is 1. The van der Waals surface area contributed by atoms with Gasteiger partial charge in [0.25, 0.3) is 0 Å². The number of benzene rings is 2. The zero-order valence-corrected chi connectivity index (χ0v) is 11.5. The number of H-pyrrole nitrogens is 1. The second-order valence-electron chi connectivity index (χ2n) is 4.65. The Hall–Kier alpha value is -2.01. The minimum absolute atomic E-state index is 0.358. The van der Waals surface area contributed by atoms with E-state index in [0.717, 1.165) is 23.3 Å². The zero-order valence-electron chi connectivity index (χ0n) is 10.7. The van der Waals surface area contributed by atoms with Crippen molar-refractivity contribution in [1.29, 1.82) is 0 Å². The number of nitrogens with zero attached hydrogens (tertiary/aromatic N) is 1. The number of nitrogens with one attached hydrogen (secondary N) is 1. The number of aromatic nitrogens is 2. The van der Waals surface area contributed by atoms with Gasteiger partial charge in [-0.25, -0.2) is 4.98 Å². The molecule has 0 saturated heterocycles. The van der Waals surface area contributed by atoms with E-state index in [-0.39, 0.29) is 0 Å². The first-order valence-corrected chi connectivity index (χ1v) is 6.73. The lowest BCUT2D eigenvalue weighted by molar-refractivity contribution is -0.137. The van der Waals surface area contributed by atoms with Crippen molar-refractivity contribution in [3.8, 4) is 11.4 Å².